The van der Waals surface area contributed by atoms with E-state index in [1.54, 1.807) is 12.1 Å². The summed E-state index contributed by atoms with van der Waals surface area (Å²) in [4.78, 5) is 23.2. The van der Waals surface area contributed by atoms with Gasteiger partial charge in [0.05, 0.1) is 0 Å². The van der Waals surface area contributed by atoms with E-state index in [2.05, 4.69) is 24.5 Å². The lowest BCUT2D eigenvalue weighted by atomic mass is 10.1. The SMILES string of the molecule is Cc1ccc(NC(=O)CC(=O)NCCC(C)C)cc1Cl. The first-order valence-electron chi connectivity index (χ1n) is 6.71. The number of halogens is 1. The van der Waals surface area contributed by atoms with Crippen LogP contribution in [-0.4, -0.2) is 18.4 Å². The molecule has 0 saturated carbocycles. The highest BCUT2D eigenvalue weighted by atomic mass is 35.5. The van der Waals surface area contributed by atoms with Gasteiger partial charge in [-0.05, 0) is 37.0 Å². The van der Waals surface area contributed by atoms with Crippen molar-refractivity contribution < 1.29 is 9.59 Å². The minimum atomic E-state index is -0.341. The molecule has 0 heterocycles. The number of benzene rings is 1. The average molecular weight is 297 g/mol. The first kappa shape index (κ1) is 16.5. The van der Waals surface area contributed by atoms with Crippen molar-refractivity contribution >= 4 is 29.1 Å². The van der Waals surface area contributed by atoms with Gasteiger partial charge < -0.3 is 10.6 Å². The van der Waals surface area contributed by atoms with Crippen LogP contribution in [0.4, 0.5) is 5.69 Å². The summed E-state index contributed by atoms with van der Waals surface area (Å²) < 4.78 is 0. The van der Waals surface area contributed by atoms with Crippen molar-refractivity contribution in [1.29, 1.82) is 0 Å². The summed E-state index contributed by atoms with van der Waals surface area (Å²) in [6.07, 6.45) is 0.727. The molecule has 0 bridgehead atoms. The van der Waals surface area contributed by atoms with Gasteiger partial charge in [-0.15, -0.1) is 0 Å². The Labute approximate surface area is 124 Å². The quantitative estimate of drug-likeness (QED) is 0.792. The van der Waals surface area contributed by atoms with Crippen LogP contribution in [0.25, 0.3) is 0 Å². The number of hydrogen-bond donors (Lipinski definition) is 2. The zero-order valence-corrected chi connectivity index (χ0v) is 12.9. The summed E-state index contributed by atoms with van der Waals surface area (Å²) in [6.45, 7) is 6.65. The summed E-state index contributed by atoms with van der Waals surface area (Å²) in [7, 11) is 0. The molecule has 0 aliphatic rings. The van der Waals surface area contributed by atoms with E-state index in [-0.39, 0.29) is 18.2 Å². The van der Waals surface area contributed by atoms with Gasteiger partial charge in [-0.2, -0.15) is 0 Å². The maximum absolute atomic E-state index is 11.7. The average Bonchev–Trinajstić information content (AvgIpc) is 2.33. The third-order valence-electron chi connectivity index (χ3n) is 2.82. The van der Waals surface area contributed by atoms with E-state index in [0.29, 0.717) is 23.2 Å². The molecule has 2 amide bonds. The monoisotopic (exact) mass is 296 g/mol. The molecule has 1 aromatic rings. The molecule has 0 saturated heterocycles. The first-order valence-corrected chi connectivity index (χ1v) is 7.09. The van der Waals surface area contributed by atoms with Crippen molar-refractivity contribution in [3.63, 3.8) is 0 Å². The number of anilines is 1. The third-order valence-corrected chi connectivity index (χ3v) is 3.23. The highest BCUT2D eigenvalue weighted by Gasteiger charge is 2.10. The molecule has 0 radical (unpaired) electrons. The highest BCUT2D eigenvalue weighted by Crippen LogP contribution is 2.19. The zero-order chi connectivity index (χ0) is 15.1. The Bertz CT molecular complexity index is 487. The van der Waals surface area contributed by atoms with E-state index in [1.165, 1.54) is 0 Å². The Balaban J connectivity index is 2.39. The lowest BCUT2D eigenvalue weighted by molar-refractivity contribution is -0.126. The third kappa shape index (κ3) is 6.06. The maximum Gasteiger partial charge on any atom is 0.233 e. The minimum Gasteiger partial charge on any atom is -0.356 e. The van der Waals surface area contributed by atoms with Gasteiger partial charge in [0.1, 0.15) is 6.42 Å². The normalized spacial score (nSPS) is 10.4. The molecule has 0 aromatic heterocycles. The molecule has 0 spiro atoms. The summed E-state index contributed by atoms with van der Waals surface area (Å²) >= 11 is 5.97. The lowest BCUT2D eigenvalue weighted by Crippen LogP contribution is -2.29. The molecule has 0 fully saturated rings. The lowest BCUT2D eigenvalue weighted by Gasteiger charge is -2.08. The molecule has 110 valence electrons. The fourth-order valence-corrected chi connectivity index (χ4v) is 1.76. The number of aryl methyl sites for hydroxylation is 1. The molecule has 4 nitrogen and oxygen atoms in total. The van der Waals surface area contributed by atoms with Crippen molar-refractivity contribution in [2.75, 3.05) is 11.9 Å². The van der Waals surface area contributed by atoms with Crippen molar-refractivity contribution in [2.24, 2.45) is 5.92 Å². The molecule has 0 atom stereocenters. The van der Waals surface area contributed by atoms with Crippen molar-refractivity contribution in [1.82, 2.24) is 5.32 Å². The Morgan fingerprint density at radius 1 is 1.25 bits per heavy atom. The summed E-state index contributed by atoms with van der Waals surface area (Å²) in [5.74, 6) is -0.0767. The van der Waals surface area contributed by atoms with Gasteiger partial charge >= 0.3 is 0 Å². The number of carbonyl (C=O) groups is 2. The fraction of sp³-hybridized carbons (Fsp3) is 0.467. The van der Waals surface area contributed by atoms with Crippen molar-refractivity contribution in [2.45, 2.75) is 33.6 Å². The van der Waals surface area contributed by atoms with Crippen LogP contribution in [0.3, 0.4) is 0 Å². The largest absolute Gasteiger partial charge is 0.356 e. The van der Waals surface area contributed by atoms with Gasteiger partial charge in [-0.25, -0.2) is 0 Å². The van der Waals surface area contributed by atoms with Crippen LogP contribution in [0.15, 0.2) is 18.2 Å². The Hall–Kier alpha value is -1.55. The van der Waals surface area contributed by atoms with Crippen LogP contribution >= 0.6 is 11.6 Å². The number of nitrogens with one attached hydrogen (secondary N) is 2. The van der Waals surface area contributed by atoms with Crippen molar-refractivity contribution in [3.8, 4) is 0 Å². The van der Waals surface area contributed by atoms with Gasteiger partial charge in [-0.3, -0.25) is 9.59 Å². The van der Waals surface area contributed by atoms with Gasteiger partial charge in [0.2, 0.25) is 11.8 Å². The van der Waals surface area contributed by atoms with Crippen molar-refractivity contribution in [3.05, 3.63) is 28.8 Å². The molecular formula is C15H21ClN2O2. The van der Waals surface area contributed by atoms with Gasteiger partial charge in [0.15, 0.2) is 0 Å². The number of hydrogen-bond acceptors (Lipinski definition) is 2. The number of amides is 2. The summed E-state index contributed by atoms with van der Waals surface area (Å²) in [5.41, 5.74) is 1.54. The Kier molecular flexibility index (Phi) is 6.52. The molecule has 0 unspecified atom stereocenters. The molecule has 1 aromatic carbocycles. The second kappa shape index (κ2) is 7.90. The molecule has 0 aliphatic carbocycles. The highest BCUT2D eigenvalue weighted by molar-refractivity contribution is 6.31. The maximum atomic E-state index is 11.7. The van der Waals surface area contributed by atoms with E-state index in [4.69, 9.17) is 11.6 Å². The fourth-order valence-electron chi connectivity index (χ4n) is 1.58. The van der Waals surface area contributed by atoms with Crippen LogP contribution in [-0.2, 0) is 9.59 Å². The summed E-state index contributed by atoms with van der Waals surface area (Å²) in [6, 6.07) is 5.25. The van der Waals surface area contributed by atoms with Crippen LogP contribution in [0.5, 0.6) is 0 Å². The second-order valence-corrected chi connectivity index (χ2v) is 5.63. The van der Waals surface area contributed by atoms with Gasteiger partial charge in [0, 0.05) is 17.3 Å². The molecule has 20 heavy (non-hydrogen) atoms. The van der Waals surface area contributed by atoms with Crippen LogP contribution in [0.2, 0.25) is 5.02 Å². The predicted octanol–water partition coefficient (Wildman–Crippen LogP) is 3.14. The molecule has 5 heteroatoms. The standard InChI is InChI=1S/C15H21ClN2O2/c1-10(2)6-7-17-14(19)9-15(20)18-12-5-4-11(3)13(16)8-12/h4-5,8,10H,6-7,9H2,1-3H3,(H,17,19)(H,18,20). The Morgan fingerprint density at radius 2 is 1.95 bits per heavy atom. The van der Waals surface area contributed by atoms with E-state index in [0.717, 1.165) is 12.0 Å². The first-order chi connectivity index (χ1) is 9.38. The van der Waals surface area contributed by atoms with Crippen LogP contribution < -0.4 is 10.6 Å². The molecule has 2 N–H and O–H groups in total. The van der Waals surface area contributed by atoms with E-state index in [9.17, 15) is 9.59 Å². The predicted molar refractivity (Wildman–Crippen MR) is 81.9 cm³/mol. The van der Waals surface area contributed by atoms with Crippen LogP contribution in [0, 0.1) is 12.8 Å². The smallest absolute Gasteiger partial charge is 0.233 e. The number of carbonyl (C=O) groups excluding carboxylic acids is 2. The second-order valence-electron chi connectivity index (χ2n) is 5.22. The topological polar surface area (TPSA) is 58.2 Å². The van der Waals surface area contributed by atoms with Crippen LogP contribution in [0.1, 0.15) is 32.3 Å². The minimum absolute atomic E-state index is 0.177. The Morgan fingerprint density at radius 3 is 2.55 bits per heavy atom. The van der Waals surface area contributed by atoms with E-state index >= 15 is 0 Å². The molecule has 0 aliphatic heterocycles. The molecule has 1 rings (SSSR count). The number of rotatable bonds is 6. The molecular weight excluding hydrogens is 276 g/mol. The zero-order valence-electron chi connectivity index (χ0n) is 12.1. The summed E-state index contributed by atoms with van der Waals surface area (Å²) in [5, 5.41) is 5.97. The van der Waals surface area contributed by atoms with Gasteiger partial charge in [-0.1, -0.05) is 31.5 Å². The van der Waals surface area contributed by atoms with E-state index in [1.807, 2.05) is 13.0 Å². The van der Waals surface area contributed by atoms with E-state index < -0.39 is 0 Å². The van der Waals surface area contributed by atoms with Gasteiger partial charge in [0.25, 0.3) is 0 Å².